The van der Waals surface area contributed by atoms with E-state index >= 15 is 0 Å². The minimum absolute atomic E-state index is 0.108. The Kier molecular flexibility index (Phi) is 3.51. The third kappa shape index (κ3) is 2.57. The van der Waals surface area contributed by atoms with E-state index in [4.69, 9.17) is 5.73 Å². The van der Waals surface area contributed by atoms with Crippen LogP contribution in [-0.4, -0.2) is 36.0 Å². The van der Waals surface area contributed by atoms with Crippen molar-refractivity contribution in [1.29, 1.82) is 0 Å². The first kappa shape index (κ1) is 13.6. The smallest absolute Gasteiger partial charge is 0.215 e. The molecule has 0 aromatic carbocycles. The highest BCUT2D eigenvalue weighted by molar-refractivity contribution is 7.99. The maximum Gasteiger partial charge on any atom is 0.215 e. The molecular formula is C12H19N7S. The van der Waals surface area contributed by atoms with Crippen molar-refractivity contribution >= 4 is 11.8 Å². The van der Waals surface area contributed by atoms with Crippen molar-refractivity contribution in [3.63, 3.8) is 0 Å². The fourth-order valence-electron chi connectivity index (χ4n) is 2.25. The van der Waals surface area contributed by atoms with Crippen LogP contribution in [0.2, 0.25) is 0 Å². The highest BCUT2D eigenvalue weighted by Crippen LogP contribution is 2.38. The van der Waals surface area contributed by atoms with E-state index in [1.165, 1.54) is 5.56 Å². The number of tetrazole rings is 1. The molecule has 2 aromatic heterocycles. The number of rotatable bonds is 5. The predicted molar refractivity (Wildman–Crippen MR) is 75.5 cm³/mol. The van der Waals surface area contributed by atoms with E-state index in [-0.39, 0.29) is 6.04 Å². The molecule has 2 N–H and O–H groups in total. The van der Waals surface area contributed by atoms with Gasteiger partial charge in [-0.15, -0.1) is 5.10 Å². The standard InChI is InChI=1S/C12H19N7S/c1-7(13)6-10-8(2)15-18(3)11(10)20-12-14-16-17-19(12)9-4-5-9/h7,9H,4-6,13H2,1-3H3. The second kappa shape index (κ2) is 5.17. The van der Waals surface area contributed by atoms with Gasteiger partial charge < -0.3 is 5.73 Å². The van der Waals surface area contributed by atoms with Crippen LogP contribution in [0.25, 0.3) is 0 Å². The molecule has 0 saturated heterocycles. The molecule has 8 heteroatoms. The van der Waals surface area contributed by atoms with Gasteiger partial charge in [0.25, 0.3) is 0 Å². The predicted octanol–water partition coefficient (Wildman–Crippen LogP) is 1.09. The molecule has 0 amide bonds. The Balaban J connectivity index is 1.91. The molecule has 1 atom stereocenters. The second-order valence-electron chi connectivity index (χ2n) is 5.41. The molecule has 7 nitrogen and oxygen atoms in total. The maximum atomic E-state index is 5.94. The van der Waals surface area contributed by atoms with E-state index in [0.717, 1.165) is 35.1 Å². The van der Waals surface area contributed by atoms with Crippen LogP contribution < -0.4 is 5.73 Å². The van der Waals surface area contributed by atoms with Gasteiger partial charge in [-0.1, -0.05) is 0 Å². The largest absolute Gasteiger partial charge is 0.328 e. The molecular weight excluding hydrogens is 274 g/mol. The lowest BCUT2D eigenvalue weighted by atomic mass is 10.1. The van der Waals surface area contributed by atoms with E-state index in [9.17, 15) is 0 Å². The van der Waals surface area contributed by atoms with Crippen LogP contribution in [-0.2, 0) is 13.5 Å². The number of aryl methyl sites for hydroxylation is 2. The third-order valence-electron chi connectivity index (χ3n) is 3.36. The van der Waals surface area contributed by atoms with E-state index < -0.39 is 0 Å². The van der Waals surface area contributed by atoms with Crippen LogP contribution >= 0.6 is 11.8 Å². The SMILES string of the molecule is Cc1nn(C)c(Sc2nnnn2C2CC2)c1CC(C)N. The summed E-state index contributed by atoms with van der Waals surface area (Å²) in [6.07, 6.45) is 3.14. The fourth-order valence-corrected chi connectivity index (χ4v) is 3.31. The second-order valence-corrected chi connectivity index (χ2v) is 6.37. The van der Waals surface area contributed by atoms with Crippen molar-refractivity contribution in [3.8, 4) is 0 Å². The summed E-state index contributed by atoms with van der Waals surface area (Å²) < 4.78 is 3.81. The van der Waals surface area contributed by atoms with Crippen molar-refractivity contribution in [3.05, 3.63) is 11.3 Å². The average molecular weight is 293 g/mol. The zero-order valence-corrected chi connectivity index (χ0v) is 12.8. The molecule has 0 bridgehead atoms. The molecule has 108 valence electrons. The number of nitrogens with two attached hydrogens (primary N) is 1. The van der Waals surface area contributed by atoms with Gasteiger partial charge in [0.05, 0.1) is 11.7 Å². The van der Waals surface area contributed by atoms with E-state index in [1.54, 1.807) is 11.8 Å². The molecule has 20 heavy (non-hydrogen) atoms. The fraction of sp³-hybridized carbons (Fsp3) is 0.667. The first-order valence-electron chi connectivity index (χ1n) is 6.80. The summed E-state index contributed by atoms with van der Waals surface area (Å²) in [4.78, 5) is 0. The quantitative estimate of drug-likeness (QED) is 0.888. The van der Waals surface area contributed by atoms with E-state index in [1.807, 2.05) is 30.3 Å². The minimum atomic E-state index is 0.108. The molecule has 1 unspecified atom stereocenters. The van der Waals surface area contributed by atoms with Crippen molar-refractivity contribution in [2.45, 2.75) is 55.4 Å². The van der Waals surface area contributed by atoms with Gasteiger partial charge in [-0.05, 0) is 55.3 Å². The molecule has 0 aliphatic heterocycles. The topological polar surface area (TPSA) is 87.4 Å². The highest BCUT2D eigenvalue weighted by atomic mass is 32.2. The first-order valence-corrected chi connectivity index (χ1v) is 7.61. The Hall–Kier alpha value is -1.41. The normalized spacial score (nSPS) is 16.6. The van der Waals surface area contributed by atoms with Gasteiger partial charge in [0.2, 0.25) is 5.16 Å². The number of hydrogen-bond donors (Lipinski definition) is 1. The van der Waals surface area contributed by atoms with Crippen LogP contribution in [0.4, 0.5) is 0 Å². The van der Waals surface area contributed by atoms with Gasteiger partial charge in [-0.3, -0.25) is 4.68 Å². The Bertz CT molecular complexity index is 611. The molecule has 3 rings (SSSR count). The van der Waals surface area contributed by atoms with E-state index in [0.29, 0.717) is 6.04 Å². The zero-order chi connectivity index (χ0) is 14.3. The molecule has 2 heterocycles. The summed E-state index contributed by atoms with van der Waals surface area (Å²) in [6.45, 7) is 4.03. The van der Waals surface area contributed by atoms with Crippen LogP contribution in [0.3, 0.4) is 0 Å². The average Bonchev–Trinajstić information content (AvgIpc) is 3.06. The van der Waals surface area contributed by atoms with Gasteiger partial charge in [0.1, 0.15) is 5.03 Å². The summed E-state index contributed by atoms with van der Waals surface area (Å²) in [5, 5.41) is 18.4. The molecule has 0 radical (unpaired) electrons. The lowest BCUT2D eigenvalue weighted by molar-refractivity contribution is 0.564. The Morgan fingerprint density at radius 3 is 2.85 bits per heavy atom. The highest BCUT2D eigenvalue weighted by Gasteiger charge is 2.29. The Morgan fingerprint density at radius 2 is 2.20 bits per heavy atom. The molecule has 1 aliphatic carbocycles. The van der Waals surface area contributed by atoms with Crippen molar-refractivity contribution in [1.82, 2.24) is 30.0 Å². The van der Waals surface area contributed by atoms with Gasteiger partial charge in [0, 0.05) is 18.7 Å². The maximum absolute atomic E-state index is 5.94. The number of hydrogen-bond acceptors (Lipinski definition) is 6. The molecule has 2 aromatic rings. The van der Waals surface area contributed by atoms with Crippen molar-refractivity contribution in [2.24, 2.45) is 12.8 Å². The summed E-state index contributed by atoms with van der Waals surface area (Å²) in [6, 6.07) is 0.579. The number of aromatic nitrogens is 6. The monoisotopic (exact) mass is 293 g/mol. The van der Waals surface area contributed by atoms with Crippen molar-refractivity contribution < 1.29 is 0 Å². The van der Waals surface area contributed by atoms with Gasteiger partial charge in [-0.2, -0.15) is 5.10 Å². The first-order chi connectivity index (χ1) is 9.56. The Morgan fingerprint density at radius 1 is 1.45 bits per heavy atom. The van der Waals surface area contributed by atoms with E-state index in [2.05, 4.69) is 20.6 Å². The number of nitrogens with zero attached hydrogens (tertiary/aromatic N) is 6. The molecule has 1 fully saturated rings. The summed E-state index contributed by atoms with van der Waals surface area (Å²) in [7, 11) is 1.95. The summed E-state index contributed by atoms with van der Waals surface area (Å²) in [5.74, 6) is 0. The van der Waals surface area contributed by atoms with Gasteiger partial charge in [0.15, 0.2) is 0 Å². The van der Waals surface area contributed by atoms with Gasteiger partial charge in [-0.25, -0.2) is 4.68 Å². The minimum Gasteiger partial charge on any atom is -0.328 e. The lowest BCUT2D eigenvalue weighted by Gasteiger charge is -2.08. The van der Waals surface area contributed by atoms with Crippen LogP contribution in [0.15, 0.2) is 10.2 Å². The van der Waals surface area contributed by atoms with Crippen molar-refractivity contribution in [2.75, 3.05) is 0 Å². The van der Waals surface area contributed by atoms with Gasteiger partial charge >= 0.3 is 0 Å². The zero-order valence-electron chi connectivity index (χ0n) is 11.9. The Labute approximate surface area is 121 Å². The molecule has 1 saturated carbocycles. The molecule has 1 aliphatic rings. The van der Waals surface area contributed by atoms with Crippen LogP contribution in [0.5, 0.6) is 0 Å². The summed E-state index contributed by atoms with van der Waals surface area (Å²) >= 11 is 1.58. The van der Waals surface area contributed by atoms with Crippen LogP contribution in [0.1, 0.15) is 37.1 Å². The third-order valence-corrected chi connectivity index (χ3v) is 4.51. The summed E-state index contributed by atoms with van der Waals surface area (Å²) in [5.41, 5.74) is 8.16. The molecule has 0 spiro atoms. The lowest BCUT2D eigenvalue weighted by Crippen LogP contribution is -2.18. The van der Waals surface area contributed by atoms with Crippen LogP contribution in [0, 0.1) is 6.92 Å².